The van der Waals surface area contributed by atoms with E-state index in [1.807, 2.05) is 30.5 Å². The predicted octanol–water partition coefficient (Wildman–Crippen LogP) is 2.64. The van der Waals surface area contributed by atoms with Crippen molar-refractivity contribution in [1.29, 1.82) is 0 Å². The molecule has 2 heterocycles. The lowest BCUT2D eigenvalue weighted by Crippen LogP contribution is -2.39. The number of benzene rings is 2. The molecule has 138 valence electrons. The van der Waals surface area contributed by atoms with Gasteiger partial charge in [-0.15, -0.1) is 0 Å². The number of anilines is 1. The number of para-hydroxylation sites is 3. The SMILES string of the molecule is COc1ccccc1N1C(=O)C[C@@H](NCCc2c[nH]c3ccccc23)C1=O. The third kappa shape index (κ3) is 3.19. The fraction of sp³-hybridized carbons (Fsp3) is 0.238. The summed E-state index contributed by atoms with van der Waals surface area (Å²) >= 11 is 0. The number of nitrogens with one attached hydrogen (secondary N) is 2. The first kappa shape index (κ1) is 17.3. The number of imide groups is 1. The molecular weight excluding hydrogens is 342 g/mol. The van der Waals surface area contributed by atoms with E-state index in [0.717, 1.165) is 11.9 Å². The van der Waals surface area contributed by atoms with Crippen LogP contribution in [-0.4, -0.2) is 36.5 Å². The summed E-state index contributed by atoms with van der Waals surface area (Å²) in [4.78, 5) is 29.7. The maximum atomic E-state index is 12.8. The molecule has 1 saturated heterocycles. The molecule has 2 N–H and O–H groups in total. The van der Waals surface area contributed by atoms with Crippen molar-refractivity contribution < 1.29 is 14.3 Å². The summed E-state index contributed by atoms with van der Waals surface area (Å²) in [6.45, 7) is 0.616. The molecule has 3 aromatic rings. The first-order valence-electron chi connectivity index (χ1n) is 8.97. The third-order valence-corrected chi connectivity index (χ3v) is 4.93. The van der Waals surface area contributed by atoms with Gasteiger partial charge in [0.1, 0.15) is 5.75 Å². The van der Waals surface area contributed by atoms with E-state index in [1.165, 1.54) is 23.0 Å². The van der Waals surface area contributed by atoms with Gasteiger partial charge in [-0.05, 0) is 30.2 Å². The minimum absolute atomic E-state index is 0.158. The van der Waals surface area contributed by atoms with E-state index in [1.54, 1.807) is 18.2 Å². The van der Waals surface area contributed by atoms with Crippen molar-refractivity contribution in [3.63, 3.8) is 0 Å². The Labute approximate surface area is 157 Å². The second-order valence-electron chi connectivity index (χ2n) is 6.56. The molecule has 0 radical (unpaired) electrons. The van der Waals surface area contributed by atoms with Gasteiger partial charge in [-0.1, -0.05) is 30.3 Å². The molecule has 1 aliphatic rings. The molecule has 2 aromatic carbocycles. The molecule has 4 rings (SSSR count). The number of aromatic nitrogens is 1. The molecule has 6 heteroatoms. The first-order chi connectivity index (χ1) is 13.2. The normalized spacial score (nSPS) is 17.1. The Morgan fingerprint density at radius 3 is 2.78 bits per heavy atom. The van der Waals surface area contributed by atoms with Gasteiger partial charge in [-0.3, -0.25) is 9.59 Å². The van der Waals surface area contributed by atoms with Crippen LogP contribution in [0, 0.1) is 0 Å². The van der Waals surface area contributed by atoms with Crippen molar-refractivity contribution in [3.8, 4) is 5.75 Å². The molecule has 6 nitrogen and oxygen atoms in total. The Bertz CT molecular complexity index is 995. The molecule has 0 aliphatic carbocycles. The second kappa shape index (κ2) is 7.25. The highest BCUT2D eigenvalue weighted by atomic mass is 16.5. The van der Waals surface area contributed by atoms with Gasteiger partial charge < -0.3 is 15.0 Å². The Hall–Kier alpha value is -3.12. The second-order valence-corrected chi connectivity index (χ2v) is 6.56. The number of ether oxygens (including phenoxy) is 1. The van der Waals surface area contributed by atoms with Gasteiger partial charge >= 0.3 is 0 Å². The molecule has 0 bridgehead atoms. The lowest BCUT2D eigenvalue weighted by atomic mass is 10.1. The van der Waals surface area contributed by atoms with Crippen LogP contribution in [0.2, 0.25) is 0 Å². The molecule has 0 spiro atoms. The summed E-state index contributed by atoms with van der Waals surface area (Å²) in [7, 11) is 1.53. The Morgan fingerprint density at radius 2 is 1.93 bits per heavy atom. The minimum Gasteiger partial charge on any atom is -0.495 e. The van der Waals surface area contributed by atoms with Crippen molar-refractivity contribution in [3.05, 3.63) is 60.3 Å². The van der Waals surface area contributed by atoms with E-state index in [4.69, 9.17) is 4.74 Å². The molecular formula is C21H21N3O3. The molecule has 0 unspecified atom stereocenters. The van der Waals surface area contributed by atoms with E-state index in [2.05, 4.69) is 16.4 Å². The number of carbonyl (C=O) groups excluding carboxylic acids is 2. The molecule has 1 aliphatic heterocycles. The first-order valence-corrected chi connectivity index (χ1v) is 8.97. The minimum atomic E-state index is -0.507. The van der Waals surface area contributed by atoms with Crippen molar-refractivity contribution in [2.75, 3.05) is 18.6 Å². The van der Waals surface area contributed by atoms with Gasteiger partial charge in [0, 0.05) is 23.6 Å². The highest BCUT2D eigenvalue weighted by Crippen LogP contribution is 2.31. The standard InChI is InChI=1S/C21H21N3O3/c1-27-19-9-5-4-8-18(19)24-20(25)12-17(21(24)26)22-11-10-14-13-23-16-7-3-2-6-15(14)16/h2-9,13,17,22-23H,10-12H2,1H3/t17-/m1/s1. The number of amides is 2. The fourth-order valence-electron chi connectivity index (χ4n) is 3.58. The summed E-state index contributed by atoms with van der Waals surface area (Å²) in [5, 5.41) is 4.42. The van der Waals surface area contributed by atoms with Crippen LogP contribution in [0.25, 0.3) is 10.9 Å². The molecule has 1 aromatic heterocycles. The largest absolute Gasteiger partial charge is 0.495 e. The number of methoxy groups -OCH3 is 1. The van der Waals surface area contributed by atoms with Crippen LogP contribution in [-0.2, 0) is 16.0 Å². The molecule has 1 atom stereocenters. The fourth-order valence-corrected chi connectivity index (χ4v) is 3.58. The zero-order valence-corrected chi connectivity index (χ0v) is 15.1. The van der Waals surface area contributed by atoms with Crippen molar-refractivity contribution >= 4 is 28.4 Å². The van der Waals surface area contributed by atoms with Gasteiger partial charge in [-0.2, -0.15) is 0 Å². The summed E-state index contributed by atoms with van der Waals surface area (Å²) in [5.41, 5.74) is 2.79. The van der Waals surface area contributed by atoms with E-state index in [0.29, 0.717) is 18.0 Å². The van der Waals surface area contributed by atoms with E-state index < -0.39 is 6.04 Å². The maximum Gasteiger partial charge on any atom is 0.251 e. The molecule has 1 fully saturated rings. The monoisotopic (exact) mass is 363 g/mol. The summed E-state index contributed by atoms with van der Waals surface area (Å²) in [5.74, 6) is 0.0659. The maximum absolute atomic E-state index is 12.8. The van der Waals surface area contributed by atoms with Crippen LogP contribution in [0.15, 0.2) is 54.7 Å². The van der Waals surface area contributed by atoms with Gasteiger partial charge in [-0.25, -0.2) is 4.90 Å². The Balaban J connectivity index is 1.43. The van der Waals surface area contributed by atoms with Crippen LogP contribution in [0.3, 0.4) is 0 Å². The van der Waals surface area contributed by atoms with Gasteiger partial charge in [0.05, 0.1) is 25.3 Å². The third-order valence-electron chi connectivity index (χ3n) is 4.93. The highest BCUT2D eigenvalue weighted by Gasteiger charge is 2.40. The van der Waals surface area contributed by atoms with Crippen molar-refractivity contribution in [2.45, 2.75) is 18.9 Å². The number of hydrogen-bond acceptors (Lipinski definition) is 4. The quantitative estimate of drug-likeness (QED) is 0.660. The van der Waals surface area contributed by atoms with Gasteiger partial charge in [0.2, 0.25) is 5.91 Å². The Kier molecular flexibility index (Phi) is 4.64. The zero-order chi connectivity index (χ0) is 18.8. The van der Waals surface area contributed by atoms with E-state index in [-0.39, 0.29) is 18.2 Å². The summed E-state index contributed by atoms with van der Waals surface area (Å²) < 4.78 is 5.29. The van der Waals surface area contributed by atoms with E-state index >= 15 is 0 Å². The van der Waals surface area contributed by atoms with E-state index in [9.17, 15) is 9.59 Å². The van der Waals surface area contributed by atoms with Crippen molar-refractivity contribution in [2.24, 2.45) is 0 Å². The van der Waals surface area contributed by atoms with Crippen LogP contribution in [0.1, 0.15) is 12.0 Å². The number of rotatable bonds is 6. The summed E-state index contributed by atoms with van der Waals surface area (Å²) in [6.07, 6.45) is 2.93. The number of hydrogen-bond donors (Lipinski definition) is 2. The summed E-state index contributed by atoms with van der Waals surface area (Å²) in [6, 6.07) is 14.7. The number of nitrogens with zero attached hydrogens (tertiary/aromatic N) is 1. The molecule has 27 heavy (non-hydrogen) atoms. The lowest BCUT2D eigenvalue weighted by Gasteiger charge is -2.18. The van der Waals surface area contributed by atoms with Crippen LogP contribution < -0.4 is 15.0 Å². The smallest absolute Gasteiger partial charge is 0.251 e. The average molecular weight is 363 g/mol. The predicted molar refractivity (Wildman–Crippen MR) is 104 cm³/mol. The van der Waals surface area contributed by atoms with Crippen LogP contribution in [0.4, 0.5) is 5.69 Å². The zero-order valence-electron chi connectivity index (χ0n) is 15.1. The molecule has 0 saturated carbocycles. The average Bonchev–Trinajstić information content (AvgIpc) is 3.23. The number of fused-ring (bicyclic) bond motifs is 1. The molecule has 2 amide bonds. The topological polar surface area (TPSA) is 74.4 Å². The number of carbonyl (C=O) groups is 2. The number of H-pyrrole nitrogens is 1. The Morgan fingerprint density at radius 1 is 1.15 bits per heavy atom. The van der Waals surface area contributed by atoms with Crippen LogP contribution in [0.5, 0.6) is 5.75 Å². The van der Waals surface area contributed by atoms with Crippen molar-refractivity contribution in [1.82, 2.24) is 10.3 Å². The number of aromatic amines is 1. The van der Waals surface area contributed by atoms with Gasteiger partial charge in [0.15, 0.2) is 0 Å². The van der Waals surface area contributed by atoms with Crippen LogP contribution >= 0.6 is 0 Å². The highest BCUT2D eigenvalue weighted by molar-refractivity contribution is 6.23. The lowest BCUT2D eigenvalue weighted by molar-refractivity contribution is -0.121. The van der Waals surface area contributed by atoms with Gasteiger partial charge in [0.25, 0.3) is 5.91 Å².